The molecule has 188 valence electrons. The molecule has 0 bridgehead atoms. The van der Waals surface area contributed by atoms with Crippen molar-refractivity contribution in [3.63, 3.8) is 0 Å². The van der Waals surface area contributed by atoms with Gasteiger partial charge in [-0.2, -0.15) is 23.3 Å². The second kappa shape index (κ2) is 10.3. The Balaban J connectivity index is 1.19. The molecule has 3 aromatic heterocycles. The first-order valence-corrected chi connectivity index (χ1v) is 11.1. The second-order valence-corrected chi connectivity index (χ2v) is 8.45. The maximum Gasteiger partial charge on any atom is 0.423 e. The van der Waals surface area contributed by atoms with E-state index in [1.165, 1.54) is 0 Å². The van der Waals surface area contributed by atoms with Crippen molar-refractivity contribution in [2.24, 2.45) is 5.92 Å². The van der Waals surface area contributed by atoms with Gasteiger partial charge in [-0.05, 0) is 31.7 Å². The van der Waals surface area contributed by atoms with E-state index in [9.17, 15) is 22.8 Å². The second-order valence-electron chi connectivity index (χ2n) is 8.45. The Labute approximate surface area is 197 Å². The van der Waals surface area contributed by atoms with Crippen LogP contribution >= 0.6 is 0 Å². The molecule has 11 nitrogen and oxygen atoms in total. The van der Waals surface area contributed by atoms with Gasteiger partial charge in [0, 0.05) is 43.3 Å². The van der Waals surface area contributed by atoms with E-state index in [2.05, 4.69) is 35.7 Å². The van der Waals surface area contributed by atoms with Gasteiger partial charge in [-0.3, -0.25) is 14.4 Å². The number of nitrogens with one attached hydrogen (secondary N) is 4. The Morgan fingerprint density at radius 1 is 1.31 bits per heavy atom. The topological polar surface area (TPSA) is 141 Å². The molecule has 1 fully saturated rings. The number of carbonyl (C=O) groups is 1. The van der Waals surface area contributed by atoms with E-state index < -0.39 is 29.0 Å². The lowest BCUT2D eigenvalue weighted by Gasteiger charge is -2.31. The lowest BCUT2D eigenvalue weighted by atomic mass is 9.93. The van der Waals surface area contributed by atoms with Gasteiger partial charge in [-0.15, -0.1) is 0 Å². The Hall–Kier alpha value is -3.68. The number of piperidine rings is 1. The van der Waals surface area contributed by atoms with Crippen LogP contribution in [0.2, 0.25) is 0 Å². The molecular weight excluding hydrogens is 469 g/mol. The summed E-state index contributed by atoms with van der Waals surface area (Å²) >= 11 is 0. The molecule has 1 aliphatic heterocycles. The fourth-order valence-corrected chi connectivity index (χ4v) is 3.97. The van der Waals surface area contributed by atoms with Gasteiger partial charge >= 0.3 is 6.18 Å². The molecular formula is C21H25F3N8O3. The van der Waals surface area contributed by atoms with Crippen molar-refractivity contribution in [3.8, 4) is 0 Å². The Bertz CT molecular complexity index is 1220. The molecule has 4 rings (SSSR count). The number of nitrogens with zero attached hydrogens (tertiary/aromatic N) is 4. The fourth-order valence-electron chi connectivity index (χ4n) is 3.97. The van der Waals surface area contributed by atoms with Gasteiger partial charge < -0.3 is 15.2 Å². The lowest BCUT2D eigenvalue weighted by molar-refractivity contribution is -0.138. The third kappa shape index (κ3) is 6.07. The summed E-state index contributed by atoms with van der Waals surface area (Å²) in [5.74, 6) is 0.501. The van der Waals surface area contributed by atoms with Gasteiger partial charge in [0.15, 0.2) is 0 Å². The molecule has 4 N–H and O–H groups in total. The van der Waals surface area contributed by atoms with E-state index in [1.807, 2.05) is 12.3 Å². The number of rotatable bonds is 8. The third-order valence-corrected chi connectivity index (χ3v) is 5.72. The minimum Gasteiger partial charge on any atom is -0.378 e. The molecule has 3 aromatic rings. The molecule has 0 spiro atoms. The first kappa shape index (κ1) is 24.4. The van der Waals surface area contributed by atoms with Crippen LogP contribution in [-0.2, 0) is 15.8 Å². The smallest absolute Gasteiger partial charge is 0.378 e. The fraction of sp³-hybridized carbons (Fsp3) is 0.476. The molecule has 0 aliphatic carbocycles. The lowest BCUT2D eigenvalue weighted by Crippen LogP contribution is -2.37. The van der Waals surface area contributed by atoms with Crippen LogP contribution in [0.3, 0.4) is 0 Å². The Morgan fingerprint density at radius 3 is 2.83 bits per heavy atom. The van der Waals surface area contributed by atoms with E-state index in [-0.39, 0.29) is 24.9 Å². The molecule has 0 saturated carbocycles. The van der Waals surface area contributed by atoms with Gasteiger partial charge in [0.1, 0.15) is 11.2 Å². The molecule has 14 heteroatoms. The van der Waals surface area contributed by atoms with Gasteiger partial charge in [-0.25, -0.2) is 15.6 Å². The number of aromatic amines is 2. The number of H-pyrrole nitrogens is 2. The summed E-state index contributed by atoms with van der Waals surface area (Å²) in [6, 6.07) is 1.27. The molecule has 1 aliphatic rings. The van der Waals surface area contributed by atoms with E-state index in [0.29, 0.717) is 5.95 Å². The standard InChI is InChI=1S/C21H25F3N8O3/c1-12(28-15-10-27-30-19(34)17(15)21(22,23)24)11-35-31-16(33)8-13-3-6-32(7-4-13)20-26-9-14-2-5-25-18(14)29-20/h2,5,9-10,12-13H,3-4,6-8,11H2,1H3,(H,31,33)(H,25,26,29)(H2,28,30,34)/t12-/m0/s1. The van der Waals surface area contributed by atoms with Crippen LogP contribution in [-0.4, -0.2) is 56.8 Å². The molecule has 4 heterocycles. The van der Waals surface area contributed by atoms with Crippen LogP contribution in [0.1, 0.15) is 31.7 Å². The van der Waals surface area contributed by atoms with Crippen LogP contribution in [0.15, 0.2) is 29.5 Å². The van der Waals surface area contributed by atoms with Crippen LogP contribution in [0.25, 0.3) is 11.0 Å². The minimum absolute atomic E-state index is 0.118. The highest BCUT2D eigenvalue weighted by molar-refractivity contribution is 5.75. The zero-order valence-electron chi connectivity index (χ0n) is 18.9. The molecule has 35 heavy (non-hydrogen) atoms. The molecule has 0 aromatic carbocycles. The highest BCUT2D eigenvalue weighted by Crippen LogP contribution is 2.31. The van der Waals surface area contributed by atoms with Crippen molar-refractivity contribution in [1.82, 2.24) is 30.6 Å². The molecule has 1 amide bonds. The average molecular weight is 494 g/mol. The van der Waals surface area contributed by atoms with E-state index in [1.54, 1.807) is 18.2 Å². The van der Waals surface area contributed by atoms with Crippen LogP contribution < -0.4 is 21.3 Å². The zero-order chi connectivity index (χ0) is 25.0. The summed E-state index contributed by atoms with van der Waals surface area (Å²) in [6.07, 6.45) is 1.46. The molecule has 0 radical (unpaired) electrons. The summed E-state index contributed by atoms with van der Waals surface area (Å²) in [4.78, 5) is 43.0. The van der Waals surface area contributed by atoms with E-state index >= 15 is 0 Å². The van der Waals surface area contributed by atoms with Crippen molar-refractivity contribution in [2.75, 3.05) is 29.9 Å². The zero-order valence-corrected chi connectivity index (χ0v) is 18.9. The number of aromatic nitrogens is 5. The molecule has 0 unspecified atom stereocenters. The highest BCUT2D eigenvalue weighted by Gasteiger charge is 2.37. The number of carbonyl (C=O) groups excluding carboxylic acids is 1. The van der Waals surface area contributed by atoms with Crippen molar-refractivity contribution in [1.29, 1.82) is 0 Å². The van der Waals surface area contributed by atoms with Gasteiger partial charge in [0.2, 0.25) is 11.9 Å². The maximum atomic E-state index is 13.1. The minimum atomic E-state index is -4.84. The number of hydrogen-bond donors (Lipinski definition) is 4. The van der Waals surface area contributed by atoms with Crippen molar-refractivity contribution in [2.45, 2.75) is 38.4 Å². The number of amides is 1. The number of alkyl halides is 3. The molecule has 1 atom stereocenters. The largest absolute Gasteiger partial charge is 0.423 e. The predicted molar refractivity (Wildman–Crippen MR) is 120 cm³/mol. The Morgan fingerprint density at radius 2 is 2.09 bits per heavy atom. The monoisotopic (exact) mass is 494 g/mol. The third-order valence-electron chi connectivity index (χ3n) is 5.72. The van der Waals surface area contributed by atoms with Crippen molar-refractivity contribution < 1.29 is 22.8 Å². The summed E-state index contributed by atoms with van der Waals surface area (Å²) < 4.78 is 39.4. The van der Waals surface area contributed by atoms with E-state index in [0.717, 1.165) is 43.2 Å². The number of anilines is 2. The quantitative estimate of drug-likeness (QED) is 0.350. The summed E-state index contributed by atoms with van der Waals surface area (Å²) in [7, 11) is 0. The van der Waals surface area contributed by atoms with Crippen molar-refractivity contribution >= 4 is 28.6 Å². The van der Waals surface area contributed by atoms with E-state index in [4.69, 9.17) is 4.84 Å². The summed E-state index contributed by atoms with van der Waals surface area (Å²) in [5, 5.41) is 8.66. The summed E-state index contributed by atoms with van der Waals surface area (Å²) in [5.41, 5.74) is -0.0563. The average Bonchev–Trinajstić information content (AvgIpc) is 3.26. The summed E-state index contributed by atoms with van der Waals surface area (Å²) in [6.45, 7) is 2.87. The predicted octanol–water partition coefficient (Wildman–Crippen LogP) is 2.21. The first-order chi connectivity index (χ1) is 16.7. The normalized spacial score (nSPS) is 15.8. The number of fused-ring (bicyclic) bond motifs is 1. The van der Waals surface area contributed by atoms with Gasteiger partial charge in [0.25, 0.3) is 5.56 Å². The van der Waals surface area contributed by atoms with Crippen LogP contribution in [0.5, 0.6) is 0 Å². The number of hydrogen-bond acceptors (Lipinski definition) is 8. The highest BCUT2D eigenvalue weighted by atomic mass is 19.4. The van der Waals surface area contributed by atoms with Crippen molar-refractivity contribution in [3.05, 3.63) is 40.6 Å². The van der Waals surface area contributed by atoms with Gasteiger partial charge in [-0.1, -0.05) is 0 Å². The number of halogens is 3. The Kier molecular flexibility index (Phi) is 7.19. The molecule has 1 saturated heterocycles. The maximum absolute atomic E-state index is 13.1. The number of hydroxylamine groups is 1. The van der Waals surface area contributed by atoms with Crippen LogP contribution in [0.4, 0.5) is 24.8 Å². The van der Waals surface area contributed by atoms with Crippen LogP contribution in [0, 0.1) is 5.92 Å². The van der Waals surface area contributed by atoms with Gasteiger partial charge in [0.05, 0.1) is 18.5 Å². The first-order valence-electron chi connectivity index (χ1n) is 11.1. The SMILES string of the molecule is C[C@@H](CONC(=O)CC1CCN(c2ncc3cc[nH]c3n2)CC1)Nc1cn[nH]c(=O)c1C(F)(F)F.